The average molecular weight is 346 g/mol. The summed E-state index contributed by atoms with van der Waals surface area (Å²) in [4.78, 5) is 2.69. The van der Waals surface area contributed by atoms with Gasteiger partial charge in [0.2, 0.25) is 0 Å². The highest BCUT2D eigenvalue weighted by Gasteiger charge is 2.42. The van der Waals surface area contributed by atoms with E-state index in [1.807, 2.05) is 0 Å². The van der Waals surface area contributed by atoms with E-state index in [0.29, 0.717) is 6.23 Å². The molecule has 3 heteroatoms. The molecule has 1 aromatic carbocycles. The van der Waals surface area contributed by atoms with Crippen LogP contribution in [0.2, 0.25) is 11.6 Å². The molecule has 3 rings (SSSR count). The molecule has 2 aliphatic rings. The fourth-order valence-corrected chi connectivity index (χ4v) is 9.88. The van der Waals surface area contributed by atoms with Crippen molar-refractivity contribution in [2.75, 3.05) is 25.9 Å². The second kappa shape index (κ2) is 9.16. The van der Waals surface area contributed by atoms with E-state index in [2.05, 4.69) is 35.2 Å². The number of benzene rings is 1. The van der Waals surface area contributed by atoms with Crippen LogP contribution in [0.1, 0.15) is 57.8 Å². The van der Waals surface area contributed by atoms with Crippen LogP contribution in [0.5, 0.6) is 0 Å². The standard InChI is InChI=1S/C21H35NOSi/c23-19-24(20-11-5-3-6-12-20,21-13-7-4-8-14-21)18-17-22-15-9-1-2-10-16-22/h3,5-6,11-12,21,23H,1-2,4,7-10,13-19H2/t24-/m0/s1. The highest BCUT2D eigenvalue weighted by atomic mass is 28.3. The summed E-state index contributed by atoms with van der Waals surface area (Å²) in [5, 5.41) is 12.1. The lowest BCUT2D eigenvalue weighted by molar-refractivity contribution is 0.294. The summed E-state index contributed by atoms with van der Waals surface area (Å²) in [6.45, 7) is 3.75. The molecular weight excluding hydrogens is 310 g/mol. The van der Waals surface area contributed by atoms with Gasteiger partial charge in [-0.25, -0.2) is 0 Å². The van der Waals surface area contributed by atoms with Crippen molar-refractivity contribution in [1.82, 2.24) is 4.90 Å². The molecule has 1 N–H and O–H groups in total. The fraction of sp³-hybridized carbons (Fsp3) is 0.714. The lowest BCUT2D eigenvalue weighted by Crippen LogP contribution is -2.57. The number of aliphatic hydroxyl groups excluding tert-OH is 1. The van der Waals surface area contributed by atoms with Crippen molar-refractivity contribution in [3.05, 3.63) is 30.3 Å². The van der Waals surface area contributed by atoms with E-state index < -0.39 is 8.07 Å². The Kier molecular flexibility index (Phi) is 6.93. The molecule has 0 bridgehead atoms. The van der Waals surface area contributed by atoms with Gasteiger partial charge in [0, 0.05) is 6.23 Å². The quantitative estimate of drug-likeness (QED) is 0.785. The number of likely N-dealkylation sites (tertiary alicyclic amines) is 1. The van der Waals surface area contributed by atoms with Gasteiger partial charge < -0.3 is 10.0 Å². The van der Waals surface area contributed by atoms with E-state index in [1.165, 1.54) is 88.7 Å². The number of hydrogen-bond acceptors (Lipinski definition) is 2. The molecule has 2 fully saturated rings. The first-order valence-electron chi connectivity index (χ1n) is 10.2. The Morgan fingerprint density at radius 2 is 1.50 bits per heavy atom. The normalized spacial score (nSPS) is 23.5. The fourth-order valence-electron chi connectivity index (χ4n) is 5.03. The van der Waals surface area contributed by atoms with Crippen LogP contribution in [0.25, 0.3) is 0 Å². The monoisotopic (exact) mass is 345 g/mol. The molecule has 0 aromatic heterocycles. The predicted octanol–water partition coefficient (Wildman–Crippen LogP) is 4.08. The molecule has 24 heavy (non-hydrogen) atoms. The first-order valence-corrected chi connectivity index (χ1v) is 12.7. The molecule has 1 saturated carbocycles. The van der Waals surface area contributed by atoms with E-state index in [1.54, 1.807) is 0 Å². The molecule has 1 aromatic rings. The first kappa shape index (κ1) is 18.2. The van der Waals surface area contributed by atoms with Crippen LogP contribution in [0.4, 0.5) is 0 Å². The van der Waals surface area contributed by atoms with Crippen molar-refractivity contribution in [2.24, 2.45) is 0 Å². The van der Waals surface area contributed by atoms with Crippen LogP contribution in [-0.2, 0) is 0 Å². The summed E-state index contributed by atoms with van der Waals surface area (Å²) in [6.07, 6.45) is 12.8. The molecular formula is C21H35NOSi. The lowest BCUT2D eigenvalue weighted by atomic mass is 10.0. The minimum absolute atomic E-state index is 0.440. The Balaban J connectivity index is 1.77. The molecule has 0 amide bonds. The lowest BCUT2D eigenvalue weighted by Gasteiger charge is -2.41. The third-order valence-corrected chi connectivity index (χ3v) is 11.9. The largest absolute Gasteiger partial charge is 0.399 e. The van der Waals surface area contributed by atoms with Crippen molar-refractivity contribution in [3.63, 3.8) is 0 Å². The predicted molar refractivity (Wildman–Crippen MR) is 105 cm³/mol. The van der Waals surface area contributed by atoms with Crippen LogP contribution < -0.4 is 5.19 Å². The van der Waals surface area contributed by atoms with Crippen LogP contribution in [-0.4, -0.2) is 43.9 Å². The molecule has 134 valence electrons. The van der Waals surface area contributed by atoms with Gasteiger partial charge in [0.05, 0.1) is 0 Å². The Morgan fingerprint density at radius 1 is 0.875 bits per heavy atom. The number of rotatable bonds is 6. The zero-order chi connectivity index (χ0) is 16.7. The second-order valence-corrected chi connectivity index (χ2v) is 12.5. The van der Waals surface area contributed by atoms with Gasteiger partial charge in [0.15, 0.2) is 0 Å². The maximum absolute atomic E-state index is 10.6. The Bertz CT molecular complexity index is 466. The van der Waals surface area contributed by atoms with E-state index in [9.17, 15) is 5.11 Å². The maximum atomic E-state index is 10.6. The summed E-state index contributed by atoms with van der Waals surface area (Å²) in [7, 11) is -1.83. The van der Waals surface area contributed by atoms with Gasteiger partial charge in [-0.1, -0.05) is 80.5 Å². The van der Waals surface area contributed by atoms with Gasteiger partial charge in [-0.2, -0.15) is 0 Å². The van der Waals surface area contributed by atoms with Crippen molar-refractivity contribution >= 4 is 13.3 Å². The third-order valence-electron chi connectivity index (χ3n) is 6.59. The van der Waals surface area contributed by atoms with Gasteiger partial charge in [0.1, 0.15) is 8.07 Å². The van der Waals surface area contributed by atoms with E-state index in [4.69, 9.17) is 0 Å². The summed E-state index contributed by atoms with van der Waals surface area (Å²) in [6, 6.07) is 12.4. The summed E-state index contributed by atoms with van der Waals surface area (Å²) >= 11 is 0. The molecule has 0 spiro atoms. The van der Waals surface area contributed by atoms with Gasteiger partial charge >= 0.3 is 0 Å². The van der Waals surface area contributed by atoms with Gasteiger partial charge in [0.25, 0.3) is 0 Å². The van der Waals surface area contributed by atoms with Gasteiger partial charge in [-0.3, -0.25) is 0 Å². The molecule has 0 radical (unpaired) electrons. The molecule has 1 heterocycles. The number of hydrogen-bond donors (Lipinski definition) is 1. The Labute approximate surface area is 149 Å². The Hall–Kier alpha value is -0.643. The molecule has 2 nitrogen and oxygen atoms in total. The van der Waals surface area contributed by atoms with Gasteiger partial charge in [-0.05, 0) is 44.1 Å². The van der Waals surface area contributed by atoms with Crippen molar-refractivity contribution in [2.45, 2.75) is 69.4 Å². The van der Waals surface area contributed by atoms with Crippen molar-refractivity contribution in [1.29, 1.82) is 0 Å². The maximum Gasteiger partial charge on any atom is 0.119 e. The number of nitrogens with zero attached hydrogens (tertiary/aromatic N) is 1. The summed E-state index contributed by atoms with van der Waals surface area (Å²) in [5.74, 6) is 0. The van der Waals surface area contributed by atoms with Crippen LogP contribution in [0.15, 0.2) is 30.3 Å². The third kappa shape index (κ3) is 4.30. The molecule has 1 saturated heterocycles. The molecule has 1 aliphatic heterocycles. The average Bonchev–Trinajstić information content (AvgIpc) is 2.93. The minimum Gasteiger partial charge on any atom is -0.399 e. The van der Waals surface area contributed by atoms with E-state index in [-0.39, 0.29) is 0 Å². The summed E-state index contributed by atoms with van der Waals surface area (Å²) in [5.41, 5.74) is 0.783. The molecule has 1 aliphatic carbocycles. The SMILES string of the molecule is OC[Si@@](CCN1CCCCCC1)(c1ccccc1)C1CCCCC1. The number of aliphatic hydroxyl groups is 1. The molecule has 0 unspecified atom stereocenters. The summed E-state index contributed by atoms with van der Waals surface area (Å²) < 4.78 is 0. The topological polar surface area (TPSA) is 23.5 Å². The first-order chi connectivity index (χ1) is 11.8. The van der Waals surface area contributed by atoms with Crippen LogP contribution in [0.3, 0.4) is 0 Å². The van der Waals surface area contributed by atoms with E-state index in [0.717, 1.165) is 5.54 Å². The zero-order valence-corrected chi connectivity index (χ0v) is 16.3. The highest BCUT2D eigenvalue weighted by Crippen LogP contribution is 2.38. The van der Waals surface area contributed by atoms with Gasteiger partial charge in [-0.15, -0.1) is 0 Å². The molecule has 1 atom stereocenters. The van der Waals surface area contributed by atoms with E-state index >= 15 is 0 Å². The smallest absolute Gasteiger partial charge is 0.119 e. The van der Waals surface area contributed by atoms with Crippen molar-refractivity contribution in [3.8, 4) is 0 Å². The zero-order valence-electron chi connectivity index (χ0n) is 15.3. The van der Waals surface area contributed by atoms with Crippen LogP contribution in [0, 0.1) is 0 Å². The second-order valence-electron chi connectivity index (χ2n) is 8.02. The Morgan fingerprint density at radius 3 is 2.12 bits per heavy atom. The minimum atomic E-state index is -1.83. The highest BCUT2D eigenvalue weighted by molar-refractivity contribution is 6.93. The van der Waals surface area contributed by atoms with Crippen LogP contribution >= 0.6 is 0 Å². The van der Waals surface area contributed by atoms with Crippen molar-refractivity contribution < 1.29 is 5.11 Å².